The first kappa shape index (κ1) is 16.8. The minimum Gasteiger partial charge on any atom is -0.444 e. The van der Waals surface area contributed by atoms with Crippen molar-refractivity contribution in [3.63, 3.8) is 0 Å². The maximum atomic E-state index is 12.1. The standard InChI is InChI=1S/C17H29N3O2/c1-13(2)12-20-15(6-9-18-20)14-7-10-19(11-8-14)16(21)22-17(3,4)5/h6,9,13-14H,7-8,10-12H2,1-5H3. The summed E-state index contributed by atoms with van der Waals surface area (Å²) in [6.07, 6.45) is 3.64. The number of likely N-dealkylation sites (tertiary alicyclic amines) is 1. The van der Waals surface area contributed by atoms with E-state index in [-0.39, 0.29) is 6.09 Å². The number of piperidine rings is 1. The SMILES string of the molecule is CC(C)Cn1nccc1C1CCN(C(=O)OC(C)(C)C)CC1. The van der Waals surface area contributed by atoms with Gasteiger partial charge in [0.1, 0.15) is 5.60 Å². The lowest BCUT2D eigenvalue weighted by Gasteiger charge is -2.33. The van der Waals surface area contributed by atoms with Gasteiger partial charge in [-0.1, -0.05) is 13.8 Å². The van der Waals surface area contributed by atoms with Gasteiger partial charge in [-0.25, -0.2) is 4.79 Å². The molecule has 0 atom stereocenters. The Morgan fingerprint density at radius 3 is 2.55 bits per heavy atom. The summed E-state index contributed by atoms with van der Waals surface area (Å²) in [5.41, 5.74) is 0.877. The summed E-state index contributed by atoms with van der Waals surface area (Å²) < 4.78 is 7.57. The lowest BCUT2D eigenvalue weighted by molar-refractivity contribution is 0.0203. The van der Waals surface area contributed by atoms with Crippen molar-refractivity contribution < 1.29 is 9.53 Å². The summed E-state index contributed by atoms with van der Waals surface area (Å²) in [7, 11) is 0. The molecule has 1 aliphatic heterocycles. The first-order valence-electron chi connectivity index (χ1n) is 8.26. The fraction of sp³-hybridized carbons (Fsp3) is 0.765. The van der Waals surface area contributed by atoms with Crippen LogP contribution in [0.3, 0.4) is 0 Å². The Morgan fingerprint density at radius 2 is 2.00 bits per heavy atom. The fourth-order valence-corrected chi connectivity index (χ4v) is 2.87. The van der Waals surface area contributed by atoms with Gasteiger partial charge in [0.15, 0.2) is 0 Å². The van der Waals surface area contributed by atoms with Crippen LogP contribution >= 0.6 is 0 Å². The highest BCUT2D eigenvalue weighted by molar-refractivity contribution is 5.68. The van der Waals surface area contributed by atoms with Crippen LogP contribution in [0, 0.1) is 5.92 Å². The Bertz CT molecular complexity index is 494. The first-order valence-corrected chi connectivity index (χ1v) is 8.26. The minimum absolute atomic E-state index is 0.193. The largest absolute Gasteiger partial charge is 0.444 e. The van der Waals surface area contributed by atoms with Crippen molar-refractivity contribution in [1.29, 1.82) is 0 Å². The van der Waals surface area contributed by atoms with Crippen molar-refractivity contribution in [3.8, 4) is 0 Å². The van der Waals surface area contributed by atoms with Crippen LogP contribution in [-0.4, -0.2) is 39.5 Å². The summed E-state index contributed by atoms with van der Waals surface area (Å²) in [5, 5.41) is 4.45. The van der Waals surface area contributed by atoms with E-state index in [1.54, 1.807) is 0 Å². The normalized spacial score (nSPS) is 17.1. The van der Waals surface area contributed by atoms with Crippen LogP contribution < -0.4 is 0 Å². The molecular weight excluding hydrogens is 278 g/mol. The molecule has 5 nitrogen and oxygen atoms in total. The smallest absolute Gasteiger partial charge is 0.410 e. The molecule has 2 heterocycles. The van der Waals surface area contributed by atoms with Crippen molar-refractivity contribution in [2.75, 3.05) is 13.1 Å². The number of amides is 1. The average molecular weight is 307 g/mol. The van der Waals surface area contributed by atoms with Gasteiger partial charge < -0.3 is 9.64 Å². The van der Waals surface area contributed by atoms with Crippen molar-refractivity contribution >= 4 is 6.09 Å². The molecule has 1 aromatic rings. The molecule has 0 bridgehead atoms. The number of rotatable bonds is 3. The lowest BCUT2D eigenvalue weighted by atomic mass is 9.93. The van der Waals surface area contributed by atoms with Crippen molar-refractivity contribution in [2.24, 2.45) is 5.92 Å². The van der Waals surface area contributed by atoms with Gasteiger partial charge in [-0.2, -0.15) is 5.10 Å². The third-order valence-corrected chi connectivity index (χ3v) is 3.85. The second-order valence-electron chi connectivity index (χ2n) is 7.57. The molecule has 0 aromatic carbocycles. The quantitative estimate of drug-likeness (QED) is 0.856. The van der Waals surface area contributed by atoms with E-state index < -0.39 is 5.60 Å². The van der Waals surface area contributed by atoms with Gasteiger partial charge in [0, 0.05) is 37.4 Å². The number of ether oxygens (including phenoxy) is 1. The molecule has 0 saturated carbocycles. The van der Waals surface area contributed by atoms with Crippen LogP contribution in [0.2, 0.25) is 0 Å². The summed E-state index contributed by atoms with van der Waals surface area (Å²) in [6, 6.07) is 2.12. The minimum atomic E-state index is -0.427. The van der Waals surface area contributed by atoms with Gasteiger partial charge in [-0.05, 0) is 45.6 Å². The molecule has 0 radical (unpaired) electrons. The number of nitrogens with zero attached hydrogens (tertiary/aromatic N) is 3. The van der Waals surface area contributed by atoms with Gasteiger partial charge in [0.25, 0.3) is 0 Å². The number of carbonyl (C=O) groups is 1. The molecule has 1 saturated heterocycles. The fourth-order valence-electron chi connectivity index (χ4n) is 2.87. The molecule has 1 aromatic heterocycles. The summed E-state index contributed by atoms with van der Waals surface area (Å²) in [4.78, 5) is 13.9. The second-order valence-corrected chi connectivity index (χ2v) is 7.57. The van der Waals surface area contributed by atoms with E-state index >= 15 is 0 Å². The maximum absolute atomic E-state index is 12.1. The van der Waals surface area contributed by atoms with Crippen LogP contribution in [0.4, 0.5) is 4.79 Å². The molecule has 2 rings (SSSR count). The highest BCUT2D eigenvalue weighted by Crippen LogP contribution is 2.29. The summed E-state index contributed by atoms with van der Waals surface area (Å²) >= 11 is 0. The van der Waals surface area contributed by atoms with Gasteiger partial charge in [0.05, 0.1) is 0 Å². The Balaban J connectivity index is 1.92. The van der Waals surface area contributed by atoms with Gasteiger partial charge in [-0.3, -0.25) is 4.68 Å². The Morgan fingerprint density at radius 1 is 1.36 bits per heavy atom. The predicted molar refractivity (Wildman–Crippen MR) is 86.8 cm³/mol. The molecule has 22 heavy (non-hydrogen) atoms. The zero-order valence-corrected chi connectivity index (χ0v) is 14.5. The van der Waals surface area contributed by atoms with Crippen LogP contribution in [-0.2, 0) is 11.3 Å². The molecule has 0 aliphatic carbocycles. The molecule has 0 unspecified atom stereocenters. The highest BCUT2D eigenvalue weighted by atomic mass is 16.6. The Kier molecular flexibility index (Phi) is 5.14. The molecule has 1 fully saturated rings. The molecule has 1 aliphatic rings. The van der Waals surface area contributed by atoms with Gasteiger partial charge in [0.2, 0.25) is 0 Å². The van der Waals surface area contributed by atoms with E-state index in [0.717, 1.165) is 32.5 Å². The Hall–Kier alpha value is -1.52. The zero-order chi connectivity index (χ0) is 16.3. The summed E-state index contributed by atoms with van der Waals surface area (Å²) in [6.45, 7) is 12.6. The lowest BCUT2D eigenvalue weighted by Crippen LogP contribution is -2.41. The molecule has 5 heteroatoms. The van der Waals surface area contributed by atoms with Crippen molar-refractivity contribution in [2.45, 2.75) is 65.5 Å². The first-order chi connectivity index (χ1) is 10.3. The monoisotopic (exact) mass is 307 g/mol. The van der Waals surface area contributed by atoms with E-state index in [0.29, 0.717) is 11.8 Å². The van der Waals surface area contributed by atoms with Crippen molar-refractivity contribution in [1.82, 2.24) is 14.7 Å². The van der Waals surface area contributed by atoms with Gasteiger partial charge >= 0.3 is 6.09 Å². The average Bonchev–Trinajstić information content (AvgIpc) is 2.84. The zero-order valence-electron chi connectivity index (χ0n) is 14.5. The van der Waals surface area contributed by atoms with E-state index in [1.807, 2.05) is 31.9 Å². The number of aromatic nitrogens is 2. The molecule has 1 amide bonds. The van der Waals surface area contributed by atoms with Crippen LogP contribution in [0.15, 0.2) is 12.3 Å². The third kappa shape index (κ3) is 4.49. The molecular formula is C17H29N3O2. The third-order valence-electron chi connectivity index (χ3n) is 3.85. The van der Waals surface area contributed by atoms with E-state index in [2.05, 4.69) is 29.7 Å². The number of carbonyl (C=O) groups excluding carboxylic acids is 1. The molecule has 0 N–H and O–H groups in total. The number of hydrogen-bond donors (Lipinski definition) is 0. The van der Waals surface area contributed by atoms with Crippen LogP contribution in [0.1, 0.15) is 59.1 Å². The van der Waals surface area contributed by atoms with E-state index in [1.165, 1.54) is 5.69 Å². The second kappa shape index (κ2) is 6.71. The Labute approximate surface area is 133 Å². The predicted octanol–water partition coefficient (Wildman–Crippen LogP) is 3.65. The van der Waals surface area contributed by atoms with E-state index in [9.17, 15) is 4.79 Å². The summed E-state index contributed by atoms with van der Waals surface area (Å²) in [5.74, 6) is 1.07. The van der Waals surface area contributed by atoms with E-state index in [4.69, 9.17) is 4.74 Å². The van der Waals surface area contributed by atoms with Crippen molar-refractivity contribution in [3.05, 3.63) is 18.0 Å². The molecule has 0 spiro atoms. The van der Waals surface area contributed by atoms with Crippen LogP contribution in [0.25, 0.3) is 0 Å². The number of hydrogen-bond acceptors (Lipinski definition) is 3. The van der Waals surface area contributed by atoms with Gasteiger partial charge in [-0.15, -0.1) is 0 Å². The molecule has 124 valence electrons. The highest BCUT2D eigenvalue weighted by Gasteiger charge is 2.28. The topological polar surface area (TPSA) is 47.4 Å². The van der Waals surface area contributed by atoms with Crippen LogP contribution in [0.5, 0.6) is 0 Å². The maximum Gasteiger partial charge on any atom is 0.410 e.